The van der Waals surface area contributed by atoms with Crippen molar-refractivity contribution in [3.8, 4) is 55.6 Å². The molecule has 0 aliphatic carbocycles. The third kappa shape index (κ3) is 6.17. The number of anilines is 3. The maximum Gasteiger partial charge on any atom is 0.0618 e. The molecule has 9 aromatic carbocycles. The van der Waals surface area contributed by atoms with E-state index in [2.05, 4.69) is 229 Å². The Morgan fingerprint density at radius 2 is 0.679 bits per heavy atom. The van der Waals surface area contributed by atoms with Crippen molar-refractivity contribution >= 4 is 48.6 Å². The van der Waals surface area contributed by atoms with Gasteiger partial charge in [0.15, 0.2) is 0 Å². The maximum atomic E-state index is 2.47. The lowest BCUT2D eigenvalue weighted by atomic mass is 9.89. The van der Waals surface area contributed by atoms with E-state index in [1.165, 1.54) is 75.8 Å². The molecule has 56 heavy (non-hydrogen) atoms. The highest BCUT2D eigenvalue weighted by atomic mass is 32.1. The van der Waals surface area contributed by atoms with Gasteiger partial charge in [0, 0.05) is 42.7 Å². The summed E-state index contributed by atoms with van der Waals surface area (Å²) >= 11 is 1.86. The van der Waals surface area contributed by atoms with E-state index in [4.69, 9.17) is 0 Å². The standard InChI is InChI=1S/C54H37NS/c1-4-17-38(18-5-1)44-23-10-12-25-48(44)49-26-13-11-24-45(49)41-31-33-42(34-32-41)55(43-35-36-51-50-27-14-15-30-52(50)56-53(51)37-43)54-46(39-19-6-2-7-20-39)28-16-29-47(54)40-21-8-3-9-22-40/h1-37H. The zero-order chi connectivity index (χ0) is 37.3. The summed E-state index contributed by atoms with van der Waals surface area (Å²) < 4.78 is 2.58. The Hall–Kier alpha value is -7.00. The van der Waals surface area contributed by atoms with E-state index in [9.17, 15) is 0 Å². The fraction of sp³-hybridized carbons (Fsp3) is 0. The van der Waals surface area contributed by atoms with E-state index in [1.54, 1.807) is 0 Å². The molecule has 0 unspecified atom stereocenters. The van der Waals surface area contributed by atoms with Crippen LogP contribution in [0.4, 0.5) is 17.1 Å². The average molecular weight is 732 g/mol. The van der Waals surface area contributed by atoms with Crippen molar-refractivity contribution in [2.24, 2.45) is 0 Å². The van der Waals surface area contributed by atoms with Gasteiger partial charge in [-0.1, -0.05) is 194 Å². The summed E-state index contributed by atoms with van der Waals surface area (Å²) in [6.45, 7) is 0. The first-order chi connectivity index (χ1) is 27.8. The van der Waals surface area contributed by atoms with Crippen LogP contribution in [0.25, 0.3) is 75.8 Å². The zero-order valence-corrected chi connectivity index (χ0v) is 31.5. The topological polar surface area (TPSA) is 3.24 Å². The molecule has 0 fully saturated rings. The highest BCUT2D eigenvalue weighted by Gasteiger charge is 2.23. The molecule has 0 saturated heterocycles. The van der Waals surface area contributed by atoms with Crippen molar-refractivity contribution in [1.82, 2.24) is 0 Å². The monoisotopic (exact) mass is 731 g/mol. The number of nitrogens with zero attached hydrogens (tertiary/aromatic N) is 1. The number of thiophene rings is 1. The summed E-state index contributed by atoms with van der Waals surface area (Å²) in [5.41, 5.74) is 15.3. The molecule has 0 spiro atoms. The van der Waals surface area contributed by atoms with Crippen LogP contribution >= 0.6 is 11.3 Å². The number of hydrogen-bond acceptors (Lipinski definition) is 2. The zero-order valence-electron chi connectivity index (χ0n) is 30.7. The van der Waals surface area contributed by atoms with Crippen molar-refractivity contribution in [3.05, 3.63) is 224 Å². The van der Waals surface area contributed by atoms with E-state index < -0.39 is 0 Å². The summed E-state index contributed by atoms with van der Waals surface area (Å²) in [7, 11) is 0. The van der Waals surface area contributed by atoms with E-state index in [-0.39, 0.29) is 0 Å². The summed E-state index contributed by atoms with van der Waals surface area (Å²) in [6.07, 6.45) is 0. The lowest BCUT2D eigenvalue weighted by Crippen LogP contribution is -2.12. The number of rotatable bonds is 8. The minimum atomic E-state index is 1.09. The molecule has 1 nitrogen and oxygen atoms in total. The molecule has 0 N–H and O–H groups in total. The number of para-hydroxylation sites is 1. The van der Waals surface area contributed by atoms with Gasteiger partial charge in [0.2, 0.25) is 0 Å². The quantitative estimate of drug-likeness (QED) is 0.150. The Bertz CT molecular complexity index is 2890. The first kappa shape index (κ1) is 33.6. The van der Waals surface area contributed by atoms with E-state index >= 15 is 0 Å². The van der Waals surface area contributed by atoms with Gasteiger partial charge in [-0.3, -0.25) is 0 Å². The summed E-state index contributed by atoms with van der Waals surface area (Å²) in [5, 5.41) is 2.59. The minimum Gasteiger partial charge on any atom is -0.309 e. The second-order valence-electron chi connectivity index (χ2n) is 14.1. The molecule has 0 atom stereocenters. The molecule has 10 aromatic rings. The summed E-state index contributed by atoms with van der Waals surface area (Å²) in [4.78, 5) is 2.47. The maximum absolute atomic E-state index is 2.47. The molecule has 10 rings (SSSR count). The largest absolute Gasteiger partial charge is 0.309 e. The van der Waals surface area contributed by atoms with Gasteiger partial charge < -0.3 is 4.90 Å². The van der Waals surface area contributed by atoms with Crippen molar-refractivity contribution in [2.75, 3.05) is 4.90 Å². The van der Waals surface area contributed by atoms with Gasteiger partial charge in [0.1, 0.15) is 0 Å². The van der Waals surface area contributed by atoms with E-state index in [0.717, 1.165) is 17.1 Å². The van der Waals surface area contributed by atoms with Gasteiger partial charge in [-0.15, -0.1) is 11.3 Å². The predicted molar refractivity (Wildman–Crippen MR) is 241 cm³/mol. The number of fused-ring (bicyclic) bond motifs is 3. The number of benzene rings is 9. The Kier molecular flexibility index (Phi) is 8.79. The minimum absolute atomic E-state index is 1.09. The molecule has 264 valence electrons. The van der Waals surface area contributed by atoms with Gasteiger partial charge in [-0.05, 0) is 74.8 Å². The Morgan fingerprint density at radius 3 is 1.25 bits per heavy atom. The van der Waals surface area contributed by atoms with Gasteiger partial charge in [0.25, 0.3) is 0 Å². The first-order valence-corrected chi connectivity index (χ1v) is 19.9. The lowest BCUT2D eigenvalue weighted by molar-refractivity contribution is 1.29. The fourth-order valence-electron chi connectivity index (χ4n) is 8.09. The molecule has 0 aliphatic heterocycles. The Labute approximate surface area is 332 Å². The molecule has 0 amide bonds. The van der Waals surface area contributed by atoms with Crippen molar-refractivity contribution in [2.45, 2.75) is 0 Å². The lowest BCUT2D eigenvalue weighted by Gasteiger charge is -2.30. The third-order valence-electron chi connectivity index (χ3n) is 10.7. The van der Waals surface area contributed by atoms with Crippen LogP contribution < -0.4 is 4.90 Å². The number of hydrogen-bond donors (Lipinski definition) is 0. The highest BCUT2D eigenvalue weighted by molar-refractivity contribution is 7.25. The summed E-state index contributed by atoms with van der Waals surface area (Å²) in [6, 6.07) is 81.3. The van der Waals surface area contributed by atoms with Crippen LogP contribution in [0.5, 0.6) is 0 Å². The Morgan fingerprint density at radius 1 is 0.268 bits per heavy atom. The molecule has 2 heteroatoms. The second-order valence-corrected chi connectivity index (χ2v) is 15.1. The predicted octanol–water partition coefficient (Wildman–Crippen LogP) is 15.9. The first-order valence-electron chi connectivity index (χ1n) is 19.1. The van der Waals surface area contributed by atoms with Crippen molar-refractivity contribution in [1.29, 1.82) is 0 Å². The van der Waals surface area contributed by atoms with Crippen molar-refractivity contribution in [3.63, 3.8) is 0 Å². The second kappa shape index (κ2) is 14.7. The molecular weight excluding hydrogens is 695 g/mol. The van der Waals surface area contributed by atoms with Crippen LogP contribution in [0.15, 0.2) is 224 Å². The summed E-state index contributed by atoms with van der Waals surface area (Å²) in [5.74, 6) is 0. The van der Waals surface area contributed by atoms with Gasteiger partial charge in [-0.25, -0.2) is 0 Å². The van der Waals surface area contributed by atoms with Crippen LogP contribution in [0, 0.1) is 0 Å². The molecule has 0 bridgehead atoms. The smallest absolute Gasteiger partial charge is 0.0618 e. The van der Waals surface area contributed by atoms with Gasteiger partial charge in [-0.2, -0.15) is 0 Å². The van der Waals surface area contributed by atoms with Crippen LogP contribution in [-0.4, -0.2) is 0 Å². The van der Waals surface area contributed by atoms with Crippen LogP contribution in [0.3, 0.4) is 0 Å². The molecule has 0 aliphatic rings. The molecule has 1 aromatic heterocycles. The highest BCUT2D eigenvalue weighted by Crippen LogP contribution is 2.48. The third-order valence-corrected chi connectivity index (χ3v) is 11.8. The van der Waals surface area contributed by atoms with Crippen LogP contribution in [-0.2, 0) is 0 Å². The molecule has 0 saturated carbocycles. The van der Waals surface area contributed by atoms with Crippen LogP contribution in [0.1, 0.15) is 0 Å². The normalized spacial score (nSPS) is 11.2. The van der Waals surface area contributed by atoms with E-state index in [0.29, 0.717) is 0 Å². The molecule has 1 heterocycles. The van der Waals surface area contributed by atoms with Crippen molar-refractivity contribution < 1.29 is 0 Å². The SMILES string of the molecule is c1ccc(-c2ccccc2-c2ccccc2-c2ccc(N(c3ccc4c(c3)sc3ccccc34)c3c(-c4ccccc4)cccc3-c3ccccc3)cc2)cc1. The van der Waals surface area contributed by atoms with E-state index in [1.807, 2.05) is 11.3 Å². The molecule has 0 radical (unpaired) electrons. The average Bonchev–Trinajstić information content (AvgIpc) is 3.66. The van der Waals surface area contributed by atoms with Gasteiger partial charge >= 0.3 is 0 Å². The molecular formula is C54H37NS. The van der Waals surface area contributed by atoms with Gasteiger partial charge in [0.05, 0.1) is 5.69 Å². The fourth-order valence-corrected chi connectivity index (χ4v) is 9.23. The van der Waals surface area contributed by atoms with Crippen LogP contribution in [0.2, 0.25) is 0 Å². The Balaban J connectivity index is 1.17.